The molecule has 118 valence electrons. The summed E-state index contributed by atoms with van der Waals surface area (Å²) < 4.78 is 5.34. The topological polar surface area (TPSA) is 36.9 Å². The highest BCUT2D eigenvalue weighted by molar-refractivity contribution is 14.0. The molecule has 0 saturated heterocycles. The number of rotatable bonds is 6. The van der Waals surface area contributed by atoms with Crippen molar-refractivity contribution in [3.05, 3.63) is 29.8 Å². The molecule has 1 aromatic rings. The normalized spacial score (nSPS) is 13.8. The van der Waals surface area contributed by atoms with Gasteiger partial charge in [0.25, 0.3) is 0 Å². The Labute approximate surface area is 145 Å². The van der Waals surface area contributed by atoms with Crippen LogP contribution in [0, 0.1) is 0 Å². The second-order valence-electron chi connectivity index (χ2n) is 4.91. The van der Waals surface area contributed by atoms with E-state index < -0.39 is 0 Å². The number of guanidine groups is 1. The predicted molar refractivity (Wildman–Crippen MR) is 100.0 cm³/mol. The molecule has 2 rings (SSSR count). The van der Waals surface area contributed by atoms with Gasteiger partial charge in [-0.3, -0.25) is 4.99 Å². The van der Waals surface area contributed by atoms with E-state index in [-0.39, 0.29) is 24.0 Å². The first-order valence-corrected chi connectivity index (χ1v) is 7.50. The van der Waals surface area contributed by atoms with Gasteiger partial charge in [-0.25, -0.2) is 0 Å². The number of unbranched alkanes of at least 4 members (excludes halogenated alkanes) is 1. The smallest absolute Gasteiger partial charge is 0.198 e. The summed E-state index contributed by atoms with van der Waals surface area (Å²) in [5.41, 5.74) is 2.70. The number of aliphatic imine (C=N–C) groups is 1. The largest absolute Gasteiger partial charge is 0.382 e. The molecule has 1 heterocycles. The van der Waals surface area contributed by atoms with Gasteiger partial charge in [0.15, 0.2) is 5.96 Å². The summed E-state index contributed by atoms with van der Waals surface area (Å²) in [6.07, 6.45) is 3.30. The third-order valence-electron chi connectivity index (χ3n) is 3.56. The van der Waals surface area contributed by atoms with E-state index in [1.165, 1.54) is 11.3 Å². The van der Waals surface area contributed by atoms with Crippen LogP contribution in [-0.2, 0) is 11.2 Å². The number of benzene rings is 1. The second kappa shape index (κ2) is 10.00. The Kier molecular flexibility index (Phi) is 8.68. The molecule has 0 aromatic heterocycles. The van der Waals surface area contributed by atoms with Gasteiger partial charge >= 0.3 is 0 Å². The first-order chi connectivity index (χ1) is 9.86. The summed E-state index contributed by atoms with van der Waals surface area (Å²) in [7, 11) is 1.85. The average Bonchev–Trinajstić information content (AvgIpc) is 2.91. The van der Waals surface area contributed by atoms with Crippen LogP contribution in [0.1, 0.15) is 25.3 Å². The Balaban J connectivity index is 0.00000220. The van der Waals surface area contributed by atoms with Crippen LogP contribution in [-0.4, -0.2) is 39.3 Å². The third kappa shape index (κ3) is 5.14. The summed E-state index contributed by atoms with van der Waals surface area (Å²) in [4.78, 5) is 6.68. The van der Waals surface area contributed by atoms with E-state index in [4.69, 9.17) is 4.74 Å². The van der Waals surface area contributed by atoms with Gasteiger partial charge in [-0.2, -0.15) is 0 Å². The standard InChI is InChI=1S/C16H25N3O.HI/c1-3-20-13-7-6-11-18-16(17-2)19-12-10-14-8-4-5-9-15(14)19;/h4-5,8-9H,3,6-7,10-13H2,1-2H3,(H,17,18);1H. The van der Waals surface area contributed by atoms with Crippen molar-refractivity contribution in [2.24, 2.45) is 4.99 Å². The fourth-order valence-electron chi connectivity index (χ4n) is 2.53. The summed E-state index contributed by atoms with van der Waals surface area (Å²) >= 11 is 0. The Bertz CT molecular complexity index is 451. The van der Waals surface area contributed by atoms with Crippen molar-refractivity contribution in [3.8, 4) is 0 Å². The molecule has 1 N–H and O–H groups in total. The highest BCUT2D eigenvalue weighted by Gasteiger charge is 2.21. The lowest BCUT2D eigenvalue weighted by molar-refractivity contribution is 0.143. The zero-order valence-electron chi connectivity index (χ0n) is 13.0. The zero-order chi connectivity index (χ0) is 14.2. The number of hydrogen-bond acceptors (Lipinski definition) is 2. The maximum atomic E-state index is 5.34. The summed E-state index contributed by atoms with van der Waals surface area (Å²) in [6, 6.07) is 8.56. The number of hydrogen-bond donors (Lipinski definition) is 1. The molecular weight excluding hydrogens is 377 g/mol. The predicted octanol–water partition coefficient (Wildman–Crippen LogP) is 3.06. The van der Waals surface area contributed by atoms with E-state index in [0.29, 0.717) is 0 Å². The maximum absolute atomic E-state index is 5.34. The van der Waals surface area contributed by atoms with E-state index in [2.05, 4.69) is 39.5 Å². The molecule has 0 bridgehead atoms. The lowest BCUT2D eigenvalue weighted by Gasteiger charge is -2.22. The summed E-state index contributed by atoms with van der Waals surface area (Å²) in [6.45, 7) is 5.64. The molecule has 0 atom stereocenters. The minimum absolute atomic E-state index is 0. The van der Waals surface area contributed by atoms with Gasteiger partial charge in [-0.15, -0.1) is 24.0 Å². The van der Waals surface area contributed by atoms with Gasteiger partial charge < -0.3 is 15.0 Å². The van der Waals surface area contributed by atoms with Gasteiger partial charge in [0.2, 0.25) is 0 Å². The molecule has 1 aliphatic heterocycles. The third-order valence-corrected chi connectivity index (χ3v) is 3.56. The van der Waals surface area contributed by atoms with Crippen LogP contribution < -0.4 is 10.2 Å². The molecule has 5 heteroatoms. The zero-order valence-corrected chi connectivity index (χ0v) is 15.3. The van der Waals surface area contributed by atoms with Gasteiger partial charge in [-0.05, 0) is 37.8 Å². The maximum Gasteiger partial charge on any atom is 0.198 e. The van der Waals surface area contributed by atoms with Crippen molar-refractivity contribution in [1.82, 2.24) is 5.32 Å². The van der Waals surface area contributed by atoms with E-state index >= 15 is 0 Å². The van der Waals surface area contributed by atoms with Crippen molar-refractivity contribution in [1.29, 1.82) is 0 Å². The Morgan fingerprint density at radius 2 is 2.14 bits per heavy atom. The monoisotopic (exact) mass is 403 g/mol. The molecule has 1 aliphatic rings. The van der Waals surface area contributed by atoms with Gasteiger partial charge in [-0.1, -0.05) is 18.2 Å². The molecule has 0 unspecified atom stereocenters. The van der Waals surface area contributed by atoms with Crippen LogP contribution in [0.3, 0.4) is 0 Å². The van der Waals surface area contributed by atoms with Crippen LogP contribution in [0.5, 0.6) is 0 Å². The Morgan fingerprint density at radius 3 is 2.90 bits per heavy atom. The van der Waals surface area contributed by atoms with Crippen molar-refractivity contribution < 1.29 is 4.74 Å². The minimum atomic E-state index is 0. The van der Waals surface area contributed by atoms with E-state index in [1.807, 2.05) is 14.0 Å². The van der Waals surface area contributed by atoms with Crippen LogP contribution in [0.2, 0.25) is 0 Å². The van der Waals surface area contributed by atoms with Crippen molar-refractivity contribution in [2.45, 2.75) is 26.2 Å². The number of para-hydroxylation sites is 1. The average molecular weight is 403 g/mol. The van der Waals surface area contributed by atoms with E-state index in [0.717, 1.165) is 51.5 Å². The highest BCUT2D eigenvalue weighted by atomic mass is 127. The lowest BCUT2D eigenvalue weighted by atomic mass is 10.2. The van der Waals surface area contributed by atoms with Crippen molar-refractivity contribution in [3.63, 3.8) is 0 Å². The van der Waals surface area contributed by atoms with Crippen LogP contribution >= 0.6 is 24.0 Å². The number of ether oxygens (including phenoxy) is 1. The quantitative estimate of drug-likeness (QED) is 0.343. The van der Waals surface area contributed by atoms with Crippen LogP contribution in [0.4, 0.5) is 5.69 Å². The molecular formula is C16H26IN3O. The molecule has 1 aromatic carbocycles. The number of nitrogens with one attached hydrogen (secondary N) is 1. The van der Waals surface area contributed by atoms with Crippen LogP contribution in [0.15, 0.2) is 29.3 Å². The van der Waals surface area contributed by atoms with Crippen LogP contribution in [0.25, 0.3) is 0 Å². The first-order valence-electron chi connectivity index (χ1n) is 7.50. The second-order valence-corrected chi connectivity index (χ2v) is 4.91. The molecule has 0 radical (unpaired) electrons. The van der Waals surface area contributed by atoms with Gasteiger partial charge in [0.1, 0.15) is 0 Å². The molecule has 0 saturated carbocycles. The number of halogens is 1. The number of fused-ring (bicyclic) bond motifs is 1. The lowest BCUT2D eigenvalue weighted by Crippen LogP contribution is -2.41. The summed E-state index contributed by atoms with van der Waals surface area (Å²) in [5, 5.41) is 3.45. The molecule has 0 amide bonds. The SMILES string of the molecule is CCOCCCCNC(=NC)N1CCc2ccccc21.I. The Morgan fingerprint density at radius 1 is 1.33 bits per heavy atom. The molecule has 4 nitrogen and oxygen atoms in total. The number of anilines is 1. The summed E-state index contributed by atoms with van der Waals surface area (Å²) in [5.74, 6) is 0.978. The fraction of sp³-hybridized carbons (Fsp3) is 0.562. The molecule has 0 fully saturated rings. The molecule has 0 aliphatic carbocycles. The van der Waals surface area contributed by atoms with Crippen molar-refractivity contribution in [2.75, 3.05) is 38.3 Å². The van der Waals surface area contributed by atoms with Gasteiger partial charge in [0.05, 0.1) is 0 Å². The fourth-order valence-corrected chi connectivity index (χ4v) is 2.53. The van der Waals surface area contributed by atoms with E-state index in [1.54, 1.807) is 0 Å². The molecule has 0 spiro atoms. The van der Waals surface area contributed by atoms with Crippen molar-refractivity contribution >= 4 is 35.6 Å². The highest BCUT2D eigenvalue weighted by Crippen LogP contribution is 2.27. The Hall–Kier alpha value is -0.820. The number of nitrogens with zero attached hydrogens (tertiary/aromatic N) is 2. The van der Waals surface area contributed by atoms with Gasteiger partial charge in [0, 0.05) is 39.0 Å². The first kappa shape index (κ1) is 18.2. The minimum Gasteiger partial charge on any atom is -0.382 e. The van der Waals surface area contributed by atoms with E-state index in [9.17, 15) is 0 Å². The molecule has 21 heavy (non-hydrogen) atoms.